The summed E-state index contributed by atoms with van der Waals surface area (Å²) in [6.07, 6.45) is 2.20. The van der Waals surface area contributed by atoms with Gasteiger partial charge in [0, 0.05) is 12.6 Å². The molecule has 1 atom stereocenters. The number of nitrogens with one attached hydrogen (secondary N) is 1. The van der Waals surface area contributed by atoms with E-state index in [-0.39, 0.29) is 12.4 Å². The molecule has 0 aliphatic carbocycles. The Bertz CT molecular complexity index is 543. The number of hydrogen-bond acceptors (Lipinski definition) is 4. The van der Waals surface area contributed by atoms with Gasteiger partial charge in [0.05, 0.1) is 12.4 Å². The standard InChI is InChI=1S/C15H24N2O3S/c1-2-17-9-3-4-15(17)10-16-21(19,20)12-14-7-5-13(11-18)6-8-14/h5-8,15-16,18H,2-4,9-12H2,1H3. The topological polar surface area (TPSA) is 69.6 Å². The lowest BCUT2D eigenvalue weighted by Gasteiger charge is -2.22. The molecule has 1 aromatic carbocycles. The lowest BCUT2D eigenvalue weighted by molar-refractivity contribution is 0.268. The van der Waals surface area contributed by atoms with Gasteiger partial charge in [0.1, 0.15) is 0 Å². The molecule has 0 spiro atoms. The normalized spacial score (nSPS) is 20.0. The third-order valence-electron chi connectivity index (χ3n) is 4.01. The van der Waals surface area contributed by atoms with Crippen LogP contribution in [0.15, 0.2) is 24.3 Å². The van der Waals surface area contributed by atoms with Crippen molar-refractivity contribution < 1.29 is 13.5 Å². The molecule has 1 fully saturated rings. The summed E-state index contributed by atoms with van der Waals surface area (Å²) in [5.41, 5.74) is 1.52. The quantitative estimate of drug-likeness (QED) is 0.790. The molecule has 1 aliphatic rings. The lowest BCUT2D eigenvalue weighted by atomic mass is 10.2. The molecule has 1 aliphatic heterocycles. The number of likely N-dealkylation sites (tertiary alicyclic amines) is 1. The van der Waals surface area contributed by atoms with E-state index in [0.717, 1.165) is 37.1 Å². The van der Waals surface area contributed by atoms with Gasteiger partial charge >= 0.3 is 0 Å². The number of sulfonamides is 1. The first-order valence-corrected chi connectivity index (χ1v) is 9.09. The van der Waals surface area contributed by atoms with Crippen LogP contribution in [0.3, 0.4) is 0 Å². The van der Waals surface area contributed by atoms with Crippen molar-refractivity contribution in [3.05, 3.63) is 35.4 Å². The maximum Gasteiger partial charge on any atom is 0.215 e. The van der Waals surface area contributed by atoms with Crippen LogP contribution in [-0.2, 0) is 22.4 Å². The van der Waals surface area contributed by atoms with Gasteiger partial charge in [-0.2, -0.15) is 0 Å². The minimum absolute atomic E-state index is 0.0163. The second-order valence-corrected chi connectivity index (χ2v) is 7.31. The van der Waals surface area contributed by atoms with Crippen LogP contribution in [0, 0.1) is 0 Å². The van der Waals surface area contributed by atoms with E-state index in [1.165, 1.54) is 0 Å². The van der Waals surface area contributed by atoms with Gasteiger partial charge < -0.3 is 5.11 Å². The summed E-state index contributed by atoms with van der Waals surface area (Å²) >= 11 is 0. The number of aliphatic hydroxyl groups excluding tert-OH is 1. The summed E-state index contributed by atoms with van der Waals surface area (Å²) in [6.45, 7) is 4.60. The summed E-state index contributed by atoms with van der Waals surface area (Å²) in [5, 5.41) is 8.98. The molecule has 118 valence electrons. The van der Waals surface area contributed by atoms with Gasteiger partial charge in [-0.3, -0.25) is 4.90 Å². The van der Waals surface area contributed by atoms with Gasteiger partial charge in [-0.15, -0.1) is 0 Å². The molecule has 6 heteroatoms. The van der Waals surface area contributed by atoms with Crippen molar-refractivity contribution in [2.45, 2.75) is 38.2 Å². The van der Waals surface area contributed by atoms with Gasteiger partial charge in [-0.05, 0) is 37.1 Å². The SMILES string of the molecule is CCN1CCCC1CNS(=O)(=O)Cc1ccc(CO)cc1. The fraction of sp³-hybridized carbons (Fsp3) is 0.600. The molecule has 0 aromatic heterocycles. The molecule has 0 radical (unpaired) electrons. The highest BCUT2D eigenvalue weighted by molar-refractivity contribution is 7.88. The van der Waals surface area contributed by atoms with Crippen LogP contribution in [0.1, 0.15) is 30.9 Å². The van der Waals surface area contributed by atoms with Crippen LogP contribution in [-0.4, -0.2) is 44.1 Å². The summed E-state index contributed by atoms with van der Waals surface area (Å²) in [6, 6.07) is 7.32. The van der Waals surface area contributed by atoms with Crippen molar-refractivity contribution in [1.29, 1.82) is 0 Å². The molecule has 1 saturated heterocycles. The monoisotopic (exact) mass is 312 g/mol. The van der Waals surface area contributed by atoms with Gasteiger partial charge in [-0.25, -0.2) is 13.1 Å². The van der Waals surface area contributed by atoms with E-state index in [9.17, 15) is 8.42 Å². The van der Waals surface area contributed by atoms with Crippen molar-refractivity contribution in [2.24, 2.45) is 0 Å². The number of benzene rings is 1. The van der Waals surface area contributed by atoms with E-state index >= 15 is 0 Å². The second kappa shape index (κ2) is 7.35. The highest BCUT2D eigenvalue weighted by Gasteiger charge is 2.24. The van der Waals surface area contributed by atoms with E-state index in [1.807, 2.05) is 0 Å². The fourth-order valence-corrected chi connectivity index (χ4v) is 3.96. The lowest BCUT2D eigenvalue weighted by Crippen LogP contribution is -2.40. The number of likely N-dealkylation sites (N-methyl/N-ethyl adjacent to an activating group) is 1. The van der Waals surface area contributed by atoms with Crippen molar-refractivity contribution in [2.75, 3.05) is 19.6 Å². The number of rotatable bonds is 7. The van der Waals surface area contributed by atoms with Crippen LogP contribution in [0.2, 0.25) is 0 Å². The summed E-state index contributed by atoms with van der Waals surface area (Å²) in [7, 11) is -3.31. The average molecular weight is 312 g/mol. The Morgan fingerprint density at radius 1 is 1.29 bits per heavy atom. The van der Waals surface area contributed by atoms with Gasteiger partial charge in [0.25, 0.3) is 0 Å². The predicted octanol–water partition coefficient (Wildman–Crippen LogP) is 1.08. The minimum atomic E-state index is -3.31. The molecule has 0 bridgehead atoms. The number of hydrogen-bond donors (Lipinski definition) is 2. The van der Waals surface area contributed by atoms with Crippen molar-refractivity contribution in [3.63, 3.8) is 0 Å². The van der Waals surface area contributed by atoms with Crippen LogP contribution in [0.25, 0.3) is 0 Å². The molecule has 2 rings (SSSR count). The third-order valence-corrected chi connectivity index (χ3v) is 5.33. The molecule has 1 heterocycles. The van der Waals surface area contributed by atoms with E-state index in [0.29, 0.717) is 12.6 Å². The van der Waals surface area contributed by atoms with E-state index < -0.39 is 10.0 Å². The smallest absolute Gasteiger partial charge is 0.215 e. The zero-order chi connectivity index (χ0) is 15.3. The molecule has 1 aromatic rings. The Kier molecular flexibility index (Phi) is 5.75. The van der Waals surface area contributed by atoms with Crippen molar-refractivity contribution in [3.8, 4) is 0 Å². The first-order chi connectivity index (χ1) is 10.0. The van der Waals surface area contributed by atoms with Gasteiger partial charge in [-0.1, -0.05) is 31.2 Å². The first kappa shape index (κ1) is 16.4. The zero-order valence-corrected chi connectivity index (χ0v) is 13.3. The average Bonchev–Trinajstić information content (AvgIpc) is 2.93. The molecular weight excluding hydrogens is 288 g/mol. The largest absolute Gasteiger partial charge is 0.392 e. The Morgan fingerprint density at radius 3 is 2.57 bits per heavy atom. The third kappa shape index (κ3) is 4.78. The summed E-state index contributed by atoms with van der Waals surface area (Å²) in [5.74, 6) is -0.0163. The molecular formula is C15H24N2O3S. The molecule has 1 unspecified atom stereocenters. The zero-order valence-electron chi connectivity index (χ0n) is 12.5. The maximum absolute atomic E-state index is 12.1. The van der Waals surface area contributed by atoms with E-state index in [4.69, 9.17) is 5.11 Å². The van der Waals surface area contributed by atoms with E-state index in [2.05, 4.69) is 16.5 Å². The van der Waals surface area contributed by atoms with Gasteiger partial charge in [0.2, 0.25) is 10.0 Å². The predicted molar refractivity (Wildman–Crippen MR) is 83.3 cm³/mol. The molecule has 0 amide bonds. The Morgan fingerprint density at radius 2 is 1.95 bits per heavy atom. The summed E-state index contributed by atoms with van der Waals surface area (Å²) in [4.78, 5) is 2.32. The van der Waals surface area contributed by atoms with Crippen LogP contribution < -0.4 is 4.72 Å². The minimum Gasteiger partial charge on any atom is -0.392 e. The second-order valence-electron chi connectivity index (χ2n) is 5.51. The molecule has 2 N–H and O–H groups in total. The summed E-state index contributed by atoms with van der Waals surface area (Å²) < 4.78 is 27.0. The molecule has 0 saturated carbocycles. The van der Waals surface area contributed by atoms with Crippen LogP contribution in [0.4, 0.5) is 0 Å². The Balaban J connectivity index is 1.89. The fourth-order valence-electron chi connectivity index (χ4n) is 2.78. The van der Waals surface area contributed by atoms with E-state index in [1.54, 1.807) is 24.3 Å². The Hall–Kier alpha value is -0.950. The molecule has 21 heavy (non-hydrogen) atoms. The maximum atomic E-state index is 12.1. The van der Waals surface area contributed by atoms with Gasteiger partial charge in [0.15, 0.2) is 0 Å². The highest BCUT2D eigenvalue weighted by atomic mass is 32.2. The van der Waals surface area contributed by atoms with Crippen LogP contribution in [0.5, 0.6) is 0 Å². The highest BCUT2D eigenvalue weighted by Crippen LogP contribution is 2.16. The van der Waals surface area contributed by atoms with Crippen molar-refractivity contribution in [1.82, 2.24) is 9.62 Å². The van der Waals surface area contributed by atoms with Crippen LogP contribution >= 0.6 is 0 Å². The Labute approximate surface area is 127 Å². The number of aliphatic hydroxyl groups is 1. The number of nitrogens with zero attached hydrogens (tertiary/aromatic N) is 1. The van der Waals surface area contributed by atoms with Crippen molar-refractivity contribution >= 4 is 10.0 Å². The first-order valence-electron chi connectivity index (χ1n) is 7.44. The molecule has 5 nitrogen and oxygen atoms in total.